The first-order chi connectivity index (χ1) is 7.63. The molecular weight excluding hydrogens is 198 g/mol. The van der Waals surface area contributed by atoms with Gasteiger partial charge in [-0.15, -0.1) is 0 Å². The van der Waals surface area contributed by atoms with Crippen LogP contribution < -0.4 is 10.5 Å². The van der Waals surface area contributed by atoms with E-state index in [0.29, 0.717) is 0 Å². The topological polar surface area (TPSA) is 35.2 Å². The molecule has 0 heterocycles. The maximum absolute atomic E-state index is 6.28. The Bertz CT molecular complexity index is 318. The molecule has 0 aliphatic heterocycles. The highest BCUT2D eigenvalue weighted by molar-refractivity contribution is 5.28. The standard InChI is InChI=1S/C14H23NO/c1-4-14(15,5-2)10-9-12-7-6-8-13(11-12)16-3/h6-8,11H,4-5,9-10,15H2,1-3H3. The van der Waals surface area contributed by atoms with Gasteiger partial charge in [-0.2, -0.15) is 0 Å². The molecule has 2 nitrogen and oxygen atoms in total. The van der Waals surface area contributed by atoms with Gasteiger partial charge in [-0.3, -0.25) is 0 Å². The lowest BCUT2D eigenvalue weighted by Crippen LogP contribution is -2.38. The number of nitrogens with two attached hydrogens (primary N) is 1. The molecule has 0 bridgehead atoms. The Hall–Kier alpha value is -1.02. The third kappa shape index (κ3) is 3.53. The van der Waals surface area contributed by atoms with E-state index in [0.717, 1.165) is 31.4 Å². The number of aryl methyl sites for hydroxylation is 1. The third-order valence-corrected chi connectivity index (χ3v) is 3.45. The van der Waals surface area contributed by atoms with Crippen molar-refractivity contribution < 1.29 is 4.74 Å². The summed E-state index contributed by atoms with van der Waals surface area (Å²) in [7, 11) is 1.70. The molecule has 0 aliphatic carbocycles. The Morgan fingerprint density at radius 1 is 1.25 bits per heavy atom. The first-order valence-electron chi connectivity index (χ1n) is 6.05. The van der Waals surface area contributed by atoms with Gasteiger partial charge in [0.05, 0.1) is 7.11 Å². The van der Waals surface area contributed by atoms with Gasteiger partial charge in [0.1, 0.15) is 5.75 Å². The molecule has 1 rings (SSSR count). The molecule has 1 aromatic rings. The zero-order chi connectivity index (χ0) is 12.0. The summed E-state index contributed by atoms with van der Waals surface area (Å²) in [6.45, 7) is 4.32. The highest BCUT2D eigenvalue weighted by Gasteiger charge is 2.19. The fourth-order valence-electron chi connectivity index (χ4n) is 1.82. The number of benzene rings is 1. The second-order valence-corrected chi connectivity index (χ2v) is 4.42. The van der Waals surface area contributed by atoms with Crippen LogP contribution in [0.2, 0.25) is 0 Å². The van der Waals surface area contributed by atoms with Gasteiger partial charge in [0.15, 0.2) is 0 Å². The molecule has 0 fully saturated rings. The number of methoxy groups -OCH3 is 1. The van der Waals surface area contributed by atoms with Crippen LogP contribution in [0.3, 0.4) is 0 Å². The van der Waals surface area contributed by atoms with Gasteiger partial charge in [-0.1, -0.05) is 26.0 Å². The van der Waals surface area contributed by atoms with Crippen molar-refractivity contribution in [3.8, 4) is 5.75 Å². The summed E-state index contributed by atoms with van der Waals surface area (Å²) in [5.74, 6) is 0.924. The minimum atomic E-state index is -0.0108. The van der Waals surface area contributed by atoms with Gasteiger partial charge >= 0.3 is 0 Å². The van der Waals surface area contributed by atoms with Crippen molar-refractivity contribution >= 4 is 0 Å². The second kappa shape index (κ2) is 5.90. The molecule has 2 heteroatoms. The van der Waals surface area contributed by atoms with Crippen molar-refractivity contribution in [2.24, 2.45) is 5.73 Å². The lowest BCUT2D eigenvalue weighted by molar-refractivity contribution is 0.367. The van der Waals surface area contributed by atoms with Crippen LogP contribution in [0.4, 0.5) is 0 Å². The van der Waals surface area contributed by atoms with Gasteiger partial charge in [0.2, 0.25) is 0 Å². The zero-order valence-corrected chi connectivity index (χ0v) is 10.6. The lowest BCUT2D eigenvalue weighted by Gasteiger charge is -2.26. The van der Waals surface area contributed by atoms with E-state index in [4.69, 9.17) is 10.5 Å². The molecule has 0 saturated carbocycles. The number of rotatable bonds is 6. The monoisotopic (exact) mass is 221 g/mol. The predicted molar refractivity (Wildman–Crippen MR) is 68.8 cm³/mol. The minimum Gasteiger partial charge on any atom is -0.497 e. The van der Waals surface area contributed by atoms with E-state index in [1.165, 1.54) is 5.56 Å². The van der Waals surface area contributed by atoms with Crippen LogP contribution in [-0.4, -0.2) is 12.6 Å². The molecule has 0 atom stereocenters. The van der Waals surface area contributed by atoms with Crippen molar-refractivity contribution in [3.63, 3.8) is 0 Å². The molecule has 0 aliphatic rings. The van der Waals surface area contributed by atoms with Gasteiger partial charge < -0.3 is 10.5 Å². The van der Waals surface area contributed by atoms with Crippen LogP contribution >= 0.6 is 0 Å². The smallest absolute Gasteiger partial charge is 0.119 e. The van der Waals surface area contributed by atoms with E-state index in [9.17, 15) is 0 Å². The van der Waals surface area contributed by atoms with Crippen LogP contribution in [-0.2, 0) is 6.42 Å². The van der Waals surface area contributed by atoms with Crippen molar-refractivity contribution in [2.75, 3.05) is 7.11 Å². The summed E-state index contributed by atoms with van der Waals surface area (Å²) in [4.78, 5) is 0. The van der Waals surface area contributed by atoms with E-state index in [1.54, 1.807) is 7.11 Å². The van der Waals surface area contributed by atoms with Crippen molar-refractivity contribution in [1.82, 2.24) is 0 Å². The quantitative estimate of drug-likeness (QED) is 0.801. The highest BCUT2D eigenvalue weighted by Crippen LogP contribution is 2.21. The van der Waals surface area contributed by atoms with Crippen LogP contribution in [0.25, 0.3) is 0 Å². The van der Waals surface area contributed by atoms with E-state index in [1.807, 2.05) is 12.1 Å². The normalized spacial score (nSPS) is 11.5. The lowest BCUT2D eigenvalue weighted by atomic mass is 9.87. The molecule has 0 radical (unpaired) electrons. The molecule has 0 saturated heterocycles. The van der Waals surface area contributed by atoms with Gasteiger partial charge in [0, 0.05) is 5.54 Å². The number of hydrogen-bond acceptors (Lipinski definition) is 2. The predicted octanol–water partition coefficient (Wildman–Crippen LogP) is 3.15. The van der Waals surface area contributed by atoms with Gasteiger partial charge in [0.25, 0.3) is 0 Å². The summed E-state index contributed by atoms with van der Waals surface area (Å²) in [6.07, 6.45) is 4.13. The Balaban J connectivity index is 2.60. The maximum Gasteiger partial charge on any atom is 0.119 e. The van der Waals surface area contributed by atoms with Gasteiger partial charge in [-0.25, -0.2) is 0 Å². The molecule has 1 aromatic carbocycles. The molecule has 16 heavy (non-hydrogen) atoms. The summed E-state index contributed by atoms with van der Waals surface area (Å²) in [5, 5.41) is 0. The van der Waals surface area contributed by atoms with Crippen molar-refractivity contribution in [2.45, 2.75) is 45.1 Å². The molecule has 0 aromatic heterocycles. The Morgan fingerprint density at radius 3 is 2.50 bits per heavy atom. The van der Waals surface area contributed by atoms with E-state index < -0.39 is 0 Å². The average molecular weight is 221 g/mol. The Labute approximate surface area is 98.8 Å². The summed E-state index contributed by atoms with van der Waals surface area (Å²) in [5.41, 5.74) is 7.57. The number of ether oxygens (including phenoxy) is 1. The largest absolute Gasteiger partial charge is 0.497 e. The molecule has 90 valence electrons. The van der Waals surface area contributed by atoms with E-state index in [2.05, 4.69) is 26.0 Å². The second-order valence-electron chi connectivity index (χ2n) is 4.42. The zero-order valence-electron chi connectivity index (χ0n) is 10.6. The van der Waals surface area contributed by atoms with Crippen LogP contribution in [0.1, 0.15) is 38.7 Å². The molecular formula is C14H23NO. The molecule has 0 amide bonds. The molecule has 0 spiro atoms. The summed E-state index contributed by atoms with van der Waals surface area (Å²) >= 11 is 0. The Morgan fingerprint density at radius 2 is 1.94 bits per heavy atom. The van der Waals surface area contributed by atoms with Crippen LogP contribution in [0.15, 0.2) is 24.3 Å². The first kappa shape index (κ1) is 13.0. The van der Waals surface area contributed by atoms with Crippen molar-refractivity contribution in [1.29, 1.82) is 0 Å². The Kier molecular flexibility index (Phi) is 4.81. The minimum absolute atomic E-state index is 0.0108. The SMILES string of the molecule is CCC(N)(CC)CCc1cccc(OC)c1. The van der Waals surface area contributed by atoms with E-state index >= 15 is 0 Å². The van der Waals surface area contributed by atoms with E-state index in [-0.39, 0.29) is 5.54 Å². The van der Waals surface area contributed by atoms with Gasteiger partial charge in [-0.05, 0) is 43.4 Å². The van der Waals surface area contributed by atoms with Crippen LogP contribution in [0, 0.1) is 0 Å². The fraction of sp³-hybridized carbons (Fsp3) is 0.571. The third-order valence-electron chi connectivity index (χ3n) is 3.45. The van der Waals surface area contributed by atoms with Crippen molar-refractivity contribution in [3.05, 3.63) is 29.8 Å². The number of hydrogen-bond donors (Lipinski definition) is 1. The summed E-state index contributed by atoms with van der Waals surface area (Å²) < 4.78 is 5.21. The maximum atomic E-state index is 6.28. The fourth-order valence-corrected chi connectivity index (χ4v) is 1.82. The highest BCUT2D eigenvalue weighted by atomic mass is 16.5. The molecule has 0 unspecified atom stereocenters. The average Bonchev–Trinajstić information content (AvgIpc) is 2.36. The van der Waals surface area contributed by atoms with Crippen LogP contribution in [0.5, 0.6) is 5.75 Å². The molecule has 2 N–H and O–H groups in total. The first-order valence-corrected chi connectivity index (χ1v) is 6.05. The summed E-state index contributed by atoms with van der Waals surface area (Å²) in [6, 6.07) is 8.23.